The van der Waals surface area contributed by atoms with Crippen molar-refractivity contribution in [3.63, 3.8) is 0 Å². The smallest absolute Gasteiger partial charge is 0.358 e. The van der Waals surface area contributed by atoms with E-state index in [1.54, 1.807) is 0 Å². The molecule has 3 rings (SSSR count). The number of aryl methyl sites for hydroxylation is 6. The molecular weight excluding hydrogens is 410 g/mol. The molecule has 0 spiro atoms. The largest absolute Gasteiger partial charge is 2.00 e. The van der Waals surface area contributed by atoms with Crippen LogP contribution in [0.4, 0.5) is 11.4 Å². The van der Waals surface area contributed by atoms with Gasteiger partial charge >= 0.3 is 17.1 Å². The maximum absolute atomic E-state index is 4.69. The van der Waals surface area contributed by atoms with Gasteiger partial charge in [0, 0.05) is 12.6 Å². The Kier molecular flexibility index (Phi) is 10.9. The van der Waals surface area contributed by atoms with E-state index in [1.807, 2.05) is 12.4 Å². The van der Waals surface area contributed by atoms with Crippen LogP contribution in [0.25, 0.3) is 0 Å². The van der Waals surface area contributed by atoms with Crippen molar-refractivity contribution < 1.29 is 17.1 Å². The molecule has 1 aliphatic rings. The first-order valence-electron chi connectivity index (χ1n) is 9.35. The van der Waals surface area contributed by atoms with Gasteiger partial charge in [-0.2, -0.15) is 0 Å². The summed E-state index contributed by atoms with van der Waals surface area (Å²) >= 11 is 0. The minimum atomic E-state index is 0. The molecule has 1 aliphatic heterocycles. The van der Waals surface area contributed by atoms with Crippen LogP contribution < -0.4 is 0 Å². The average molecular weight is 443 g/mol. The normalized spacial score (nSPS) is 12.9. The van der Waals surface area contributed by atoms with Crippen LogP contribution in [0.3, 0.4) is 0 Å². The predicted molar refractivity (Wildman–Crippen MR) is 131 cm³/mol. The Morgan fingerprint density at radius 1 is 0.700 bits per heavy atom. The molecule has 0 amide bonds. The van der Waals surface area contributed by atoms with Gasteiger partial charge in [-0.3, -0.25) is 15.0 Å². The molecule has 30 heavy (non-hydrogen) atoms. The minimum Gasteiger partial charge on any atom is -0.358 e. The van der Waals surface area contributed by atoms with Crippen LogP contribution in [0, 0.1) is 56.4 Å². The van der Waals surface area contributed by atoms with Crippen molar-refractivity contribution in [3.8, 4) is 0 Å². The number of rotatable bonds is 4. The van der Waals surface area contributed by atoms with Crippen molar-refractivity contribution >= 4 is 29.5 Å². The summed E-state index contributed by atoms with van der Waals surface area (Å²) in [6, 6.07) is 8.66. The van der Waals surface area contributed by atoms with E-state index in [1.165, 1.54) is 33.4 Å². The summed E-state index contributed by atoms with van der Waals surface area (Å²) in [5.74, 6) is 0. The first kappa shape index (κ1) is 27.7. The fourth-order valence-corrected chi connectivity index (χ4v) is 3.65. The zero-order chi connectivity index (χ0) is 19.6. The Morgan fingerprint density at radius 2 is 1.10 bits per heavy atom. The molecule has 0 radical (unpaired) electrons. The van der Waals surface area contributed by atoms with Crippen LogP contribution in [0.15, 0.2) is 51.0 Å². The van der Waals surface area contributed by atoms with E-state index in [-0.39, 0.29) is 31.9 Å². The summed E-state index contributed by atoms with van der Waals surface area (Å²) in [5.41, 5.74) is 11.2. The van der Waals surface area contributed by atoms with E-state index in [2.05, 4.69) is 86.9 Å². The number of hydrogen-bond donors (Lipinski definition) is 0. The van der Waals surface area contributed by atoms with Gasteiger partial charge in [-0.25, -0.2) is 0 Å². The molecule has 0 aromatic heterocycles. The van der Waals surface area contributed by atoms with E-state index in [0.29, 0.717) is 0 Å². The van der Waals surface area contributed by atoms with Gasteiger partial charge in [-0.1, -0.05) is 41.5 Å². The van der Waals surface area contributed by atoms with E-state index >= 15 is 0 Å². The third-order valence-corrected chi connectivity index (χ3v) is 4.73. The molecule has 0 atom stereocenters. The van der Waals surface area contributed by atoms with Crippen LogP contribution in [0.2, 0.25) is 0 Å². The molecule has 0 N–H and O–H groups in total. The van der Waals surface area contributed by atoms with Crippen LogP contribution in [0.5, 0.6) is 0 Å². The van der Waals surface area contributed by atoms with E-state index in [0.717, 1.165) is 29.2 Å². The Hall–Kier alpha value is -2.29. The minimum absolute atomic E-state index is 0. The monoisotopic (exact) mass is 443 g/mol. The zero-order valence-electron chi connectivity index (χ0n) is 19.4. The summed E-state index contributed by atoms with van der Waals surface area (Å²) in [7, 11) is 0. The van der Waals surface area contributed by atoms with Crippen LogP contribution >= 0.6 is 0 Å². The summed E-state index contributed by atoms with van der Waals surface area (Å²) in [6.45, 7) is 12.6. The second-order valence-electron chi connectivity index (χ2n) is 7.45. The van der Waals surface area contributed by atoms with Gasteiger partial charge in [0.15, 0.2) is 0 Å². The summed E-state index contributed by atoms with van der Waals surface area (Å²) in [6.07, 6.45) is 6.62. The number of nitrogens with zero attached hydrogens (tertiary/aromatic N) is 3. The van der Waals surface area contributed by atoms with Crippen molar-refractivity contribution in [1.82, 2.24) is 0 Å². The fourth-order valence-electron chi connectivity index (χ4n) is 3.65. The number of allylic oxidation sites excluding steroid dienone is 2. The van der Waals surface area contributed by atoms with E-state index in [9.17, 15) is 0 Å². The molecule has 160 valence electrons. The Morgan fingerprint density at radius 3 is 1.53 bits per heavy atom. The van der Waals surface area contributed by atoms with Crippen molar-refractivity contribution in [2.24, 2.45) is 15.0 Å². The molecule has 0 bridgehead atoms. The topological polar surface area (TPSA) is 37.1 Å². The number of aliphatic imine (C=N–C) groups is 3. The molecule has 0 fully saturated rings. The summed E-state index contributed by atoms with van der Waals surface area (Å²) in [5, 5.41) is 0. The standard InChI is InChI=1S/C24H27N3.2CH3.Fe/c1-15-9-17(3)23(18(4)10-15)25-13-21-7-8-22(27-21)14-26-24-19(5)11-16(2)12-20(24)6;;;/h7,9-14H,8H2,1-6H3;2*1H3;/q;2*-1;+2. The van der Waals surface area contributed by atoms with Gasteiger partial charge < -0.3 is 14.9 Å². The molecule has 2 aromatic carbocycles. The molecule has 4 heteroatoms. The molecule has 0 unspecified atom stereocenters. The maximum atomic E-state index is 4.69. The van der Waals surface area contributed by atoms with Gasteiger partial charge in [0.25, 0.3) is 0 Å². The molecule has 0 aliphatic carbocycles. The fraction of sp³-hybridized carbons (Fsp3) is 0.269. The van der Waals surface area contributed by atoms with Crippen molar-refractivity contribution in [2.75, 3.05) is 0 Å². The van der Waals surface area contributed by atoms with Gasteiger partial charge in [-0.05, 0) is 63.8 Å². The predicted octanol–water partition coefficient (Wildman–Crippen LogP) is 7.27. The third kappa shape index (κ3) is 6.62. The van der Waals surface area contributed by atoms with Crippen LogP contribution in [-0.4, -0.2) is 18.1 Å². The van der Waals surface area contributed by atoms with E-state index in [4.69, 9.17) is 0 Å². The average Bonchev–Trinajstić information content (AvgIpc) is 3.00. The van der Waals surface area contributed by atoms with Gasteiger partial charge in [-0.15, -0.1) is 0 Å². The summed E-state index contributed by atoms with van der Waals surface area (Å²) < 4.78 is 0. The van der Waals surface area contributed by atoms with E-state index < -0.39 is 0 Å². The maximum Gasteiger partial charge on any atom is 2.00 e. The third-order valence-electron chi connectivity index (χ3n) is 4.73. The Labute approximate surface area is 193 Å². The number of benzene rings is 2. The molecule has 1 heterocycles. The molecule has 0 saturated heterocycles. The van der Waals surface area contributed by atoms with Gasteiger partial charge in [0.05, 0.1) is 29.0 Å². The number of hydrogen-bond acceptors (Lipinski definition) is 3. The van der Waals surface area contributed by atoms with Crippen LogP contribution in [-0.2, 0) is 17.1 Å². The van der Waals surface area contributed by atoms with Crippen molar-refractivity contribution in [2.45, 2.75) is 48.0 Å². The molecule has 2 aromatic rings. The van der Waals surface area contributed by atoms with Crippen molar-refractivity contribution in [1.29, 1.82) is 0 Å². The Bertz CT molecular complexity index is 965. The SMILES string of the molecule is Cc1cc(C)c(N=CC2=CCC(C=Nc3c(C)cc(C)cc3C)=N2)c(C)c1.[CH3-].[CH3-].[Fe+2]. The summed E-state index contributed by atoms with van der Waals surface area (Å²) in [4.78, 5) is 14.0. The first-order valence-corrected chi connectivity index (χ1v) is 9.35. The second kappa shape index (κ2) is 11.8. The van der Waals surface area contributed by atoms with Gasteiger partial charge in [0.2, 0.25) is 0 Å². The quantitative estimate of drug-likeness (QED) is 0.271. The van der Waals surface area contributed by atoms with Crippen LogP contribution in [0.1, 0.15) is 39.8 Å². The molecule has 3 nitrogen and oxygen atoms in total. The first-order chi connectivity index (χ1) is 12.8. The molecule has 0 saturated carbocycles. The zero-order valence-corrected chi connectivity index (χ0v) is 20.5. The van der Waals surface area contributed by atoms with Crippen molar-refractivity contribution in [3.05, 3.63) is 84.3 Å². The Balaban J connectivity index is 0.00000280. The van der Waals surface area contributed by atoms with Gasteiger partial charge in [0.1, 0.15) is 0 Å². The second-order valence-corrected chi connectivity index (χ2v) is 7.45. The molecular formula is C26H33FeN3.